The van der Waals surface area contributed by atoms with Gasteiger partial charge in [0.1, 0.15) is 11.6 Å². The average Bonchev–Trinajstić information content (AvgIpc) is 3.32. The Balaban J connectivity index is 1.07. The molecule has 1 aliphatic heterocycles. The fraction of sp³-hybridized carbons (Fsp3) is 0.241. The average molecular weight is 523 g/mol. The standard InChI is InChI=1S/C29H30N8O2/c1-19-15-31-28(36-27(19)33-21-9-11-25-24(14-21)35-29(38)39-25)34-22-10-12-26(30-16-22)32-23-8-5-13-37(18-23)17-20-6-3-2-4-7-20/h2-4,6-7,9-12,14-16,23H,5,8,13,17-18H2,1H3,(H,30,32)(H,35,38)(H2,31,33,34,36). The van der Waals surface area contributed by atoms with Crippen molar-refractivity contribution in [1.29, 1.82) is 0 Å². The molecule has 5 aromatic rings. The number of nitrogens with zero attached hydrogens (tertiary/aromatic N) is 4. The molecule has 0 amide bonds. The third-order valence-corrected chi connectivity index (χ3v) is 6.78. The molecule has 1 unspecified atom stereocenters. The summed E-state index contributed by atoms with van der Waals surface area (Å²) in [6, 6.07) is 20.3. The van der Waals surface area contributed by atoms with E-state index < -0.39 is 5.76 Å². The van der Waals surface area contributed by atoms with Crippen LogP contribution >= 0.6 is 0 Å². The molecule has 10 heteroatoms. The molecule has 1 atom stereocenters. The number of likely N-dealkylation sites (tertiary alicyclic amines) is 1. The number of rotatable bonds is 8. The molecule has 0 spiro atoms. The maximum Gasteiger partial charge on any atom is 0.417 e. The Morgan fingerprint density at radius 3 is 2.74 bits per heavy atom. The molecule has 1 saturated heterocycles. The topological polar surface area (TPSA) is 124 Å². The number of aromatic amines is 1. The van der Waals surface area contributed by atoms with Crippen LogP contribution in [-0.2, 0) is 6.54 Å². The quantitative estimate of drug-likeness (QED) is 0.218. The molecule has 10 nitrogen and oxygen atoms in total. The third kappa shape index (κ3) is 6.07. The number of benzene rings is 2. The number of oxazole rings is 1. The maximum atomic E-state index is 11.4. The first kappa shape index (κ1) is 24.6. The summed E-state index contributed by atoms with van der Waals surface area (Å²) in [5.41, 5.74) is 4.92. The Hall–Kier alpha value is -4.70. The summed E-state index contributed by atoms with van der Waals surface area (Å²) in [7, 11) is 0. The zero-order valence-electron chi connectivity index (χ0n) is 21.6. The first-order chi connectivity index (χ1) is 19.1. The van der Waals surface area contributed by atoms with Crippen LogP contribution in [0.25, 0.3) is 11.1 Å². The number of anilines is 5. The molecule has 4 heterocycles. The van der Waals surface area contributed by atoms with Gasteiger partial charge >= 0.3 is 5.76 Å². The molecule has 0 aliphatic carbocycles. The van der Waals surface area contributed by atoms with Crippen molar-refractivity contribution >= 4 is 40.1 Å². The van der Waals surface area contributed by atoms with Crippen LogP contribution in [0.3, 0.4) is 0 Å². The normalized spacial score (nSPS) is 15.8. The number of aryl methyl sites for hydroxylation is 1. The number of H-pyrrole nitrogens is 1. The van der Waals surface area contributed by atoms with Gasteiger partial charge in [-0.1, -0.05) is 30.3 Å². The summed E-state index contributed by atoms with van der Waals surface area (Å²) >= 11 is 0. The monoisotopic (exact) mass is 522 g/mol. The fourth-order valence-electron chi connectivity index (χ4n) is 4.85. The number of fused-ring (bicyclic) bond motifs is 1. The van der Waals surface area contributed by atoms with Crippen molar-refractivity contribution in [3.63, 3.8) is 0 Å². The van der Waals surface area contributed by atoms with E-state index in [4.69, 9.17) is 4.42 Å². The lowest BCUT2D eigenvalue weighted by atomic mass is 10.0. The summed E-state index contributed by atoms with van der Waals surface area (Å²) in [6.45, 7) is 5.01. The smallest absolute Gasteiger partial charge is 0.408 e. The summed E-state index contributed by atoms with van der Waals surface area (Å²) in [5, 5.41) is 10.1. The summed E-state index contributed by atoms with van der Waals surface area (Å²) in [5.74, 6) is 1.48. The molecule has 1 aliphatic rings. The molecule has 3 aromatic heterocycles. The lowest BCUT2D eigenvalue weighted by Crippen LogP contribution is -2.41. The van der Waals surface area contributed by atoms with E-state index in [1.54, 1.807) is 24.5 Å². The zero-order valence-corrected chi connectivity index (χ0v) is 21.6. The minimum atomic E-state index is -0.481. The Bertz CT molecular complexity index is 1610. The lowest BCUT2D eigenvalue weighted by Gasteiger charge is -2.33. The number of nitrogens with one attached hydrogen (secondary N) is 4. The van der Waals surface area contributed by atoms with Crippen molar-refractivity contribution in [2.24, 2.45) is 0 Å². The molecular weight excluding hydrogens is 492 g/mol. The number of hydrogen-bond acceptors (Lipinski definition) is 9. The van der Waals surface area contributed by atoms with Gasteiger partial charge in [-0.15, -0.1) is 0 Å². The number of hydrogen-bond donors (Lipinski definition) is 4. The van der Waals surface area contributed by atoms with E-state index in [2.05, 4.69) is 71.1 Å². The Kier molecular flexibility index (Phi) is 6.92. The summed E-state index contributed by atoms with van der Waals surface area (Å²) < 4.78 is 5.07. The molecule has 2 aromatic carbocycles. The molecule has 6 rings (SSSR count). The van der Waals surface area contributed by atoms with Gasteiger partial charge in [0.15, 0.2) is 5.58 Å². The third-order valence-electron chi connectivity index (χ3n) is 6.78. The van der Waals surface area contributed by atoms with Crippen molar-refractivity contribution in [2.45, 2.75) is 32.4 Å². The largest absolute Gasteiger partial charge is 0.417 e. The fourth-order valence-corrected chi connectivity index (χ4v) is 4.85. The van der Waals surface area contributed by atoms with Gasteiger partial charge in [0, 0.05) is 36.6 Å². The summed E-state index contributed by atoms with van der Waals surface area (Å²) in [4.78, 5) is 30.3. The summed E-state index contributed by atoms with van der Waals surface area (Å²) in [6.07, 6.45) is 5.83. The number of pyridine rings is 1. The highest BCUT2D eigenvalue weighted by molar-refractivity contribution is 5.78. The lowest BCUT2D eigenvalue weighted by molar-refractivity contribution is 0.208. The van der Waals surface area contributed by atoms with E-state index in [0.29, 0.717) is 28.9 Å². The number of aromatic nitrogens is 4. The second-order valence-corrected chi connectivity index (χ2v) is 9.84. The van der Waals surface area contributed by atoms with E-state index in [1.165, 1.54) is 12.0 Å². The van der Waals surface area contributed by atoms with Crippen molar-refractivity contribution < 1.29 is 4.42 Å². The SMILES string of the molecule is Cc1cnc(Nc2ccc(NC3CCCN(Cc4ccccc4)C3)nc2)nc1Nc1ccc2oc(=O)[nH]c2c1. The zero-order chi connectivity index (χ0) is 26.6. The Morgan fingerprint density at radius 2 is 1.90 bits per heavy atom. The van der Waals surface area contributed by atoms with Crippen LogP contribution in [0.1, 0.15) is 24.0 Å². The molecule has 198 valence electrons. The van der Waals surface area contributed by atoms with E-state index >= 15 is 0 Å². The first-order valence-corrected chi connectivity index (χ1v) is 13.1. The van der Waals surface area contributed by atoms with Gasteiger partial charge in [-0.2, -0.15) is 4.98 Å². The van der Waals surface area contributed by atoms with Gasteiger partial charge in [0.05, 0.1) is 17.4 Å². The molecular formula is C29H30N8O2. The highest BCUT2D eigenvalue weighted by Gasteiger charge is 2.20. The van der Waals surface area contributed by atoms with Gasteiger partial charge in [0.2, 0.25) is 5.95 Å². The van der Waals surface area contributed by atoms with Crippen LogP contribution in [0, 0.1) is 6.92 Å². The van der Waals surface area contributed by atoms with E-state index in [-0.39, 0.29) is 0 Å². The second-order valence-electron chi connectivity index (χ2n) is 9.84. The Morgan fingerprint density at radius 1 is 1.03 bits per heavy atom. The van der Waals surface area contributed by atoms with Gasteiger partial charge in [-0.05, 0) is 62.2 Å². The molecule has 4 N–H and O–H groups in total. The van der Waals surface area contributed by atoms with Crippen LogP contribution in [0.5, 0.6) is 0 Å². The second kappa shape index (κ2) is 11.0. The van der Waals surface area contributed by atoms with Gasteiger partial charge in [0.25, 0.3) is 0 Å². The molecule has 0 radical (unpaired) electrons. The molecule has 39 heavy (non-hydrogen) atoms. The molecule has 0 bridgehead atoms. The van der Waals surface area contributed by atoms with Crippen LogP contribution in [-0.4, -0.2) is 44.0 Å². The maximum absolute atomic E-state index is 11.4. The molecule has 0 saturated carbocycles. The highest BCUT2D eigenvalue weighted by atomic mass is 16.4. The van der Waals surface area contributed by atoms with Crippen LogP contribution in [0.4, 0.5) is 29.0 Å². The van der Waals surface area contributed by atoms with Gasteiger partial charge in [-0.3, -0.25) is 9.88 Å². The van der Waals surface area contributed by atoms with Gasteiger partial charge in [-0.25, -0.2) is 14.8 Å². The van der Waals surface area contributed by atoms with Crippen molar-refractivity contribution in [1.82, 2.24) is 24.8 Å². The van der Waals surface area contributed by atoms with Gasteiger partial charge < -0.3 is 20.4 Å². The van der Waals surface area contributed by atoms with Crippen LogP contribution in [0.2, 0.25) is 0 Å². The van der Waals surface area contributed by atoms with Crippen molar-refractivity contribution in [2.75, 3.05) is 29.0 Å². The first-order valence-electron chi connectivity index (χ1n) is 13.1. The predicted molar refractivity (Wildman–Crippen MR) is 153 cm³/mol. The number of piperidine rings is 1. The van der Waals surface area contributed by atoms with E-state index in [1.807, 2.05) is 25.1 Å². The van der Waals surface area contributed by atoms with E-state index in [9.17, 15) is 4.79 Å². The van der Waals surface area contributed by atoms with Crippen molar-refractivity contribution in [3.8, 4) is 0 Å². The van der Waals surface area contributed by atoms with Crippen molar-refractivity contribution in [3.05, 3.63) is 94.7 Å². The Labute approximate surface area is 225 Å². The predicted octanol–water partition coefficient (Wildman–Crippen LogP) is 5.18. The minimum absolute atomic E-state index is 0.363. The highest BCUT2D eigenvalue weighted by Crippen LogP contribution is 2.24. The minimum Gasteiger partial charge on any atom is -0.408 e. The van der Waals surface area contributed by atoms with Crippen LogP contribution < -0.4 is 21.7 Å². The van der Waals surface area contributed by atoms with E-state index in [0.717, 1.165) is 48.8 Å². The molecule has 1 fully saturated rings. The van der Waals surface area contributed by atoms with Crippen LogP contribution in [0.15, 0.2) is 82.3 Å².